The molecule has 2 atom stereocenters. The average molecular weight is 457 g/mol. The Hall–Kier alpha value is -3.14. The van der Waals surface area contributed by atoms with E-state index in [1.807, 2.05) is 24.1 Å². The molecule has 10 heteroatoms. The largest absolute Gasteiger partial charge is 0.370 e. The van der Waals surface area contributed by atoms with E-state index in [0.717, 1.165) is 11.4 Å². The molecule has 0 aliphatic carbocycles. The Morgan fingerprint density at radius 3 is 2.97 bits per heavy atom. The van der Waals surface area contributed by atoms with Crippen LogP contribution in [-0.2, 0) is 9.53 Å². The van der Waals surface area contributed by atoms with Crippen molar-refractivity contribution in [1.29, 1.82) is 0 Å². The molecule has 32 heavy (non-hydrogen) atoms. The van der Waals surface area contributed by atoms with Crippen LogP contribution >= 0.6 is 11.6 Å². The Labute approximate surface area is 189 Å². The number of likely N-dealkylation sites (N-methyl/N-ethyl adjacent to an activating group) is 1. The number of primary amides is 1. The molecular formula is C22H22ClFN6O2. The number of anilines is 2. The van der Waals surface area contributed by atoms with Crippen LogP contribution < -0.4 is 11.1 Å². The fourth-order valence-electron chi connectivity index (χ4n) is 3.52. The Morgan fingerprint density at radius 2 is 2.22 bits per heavy atom. The van der Waals surface area contributed by atoms with Crippen LogP contribution in [0.2, 0.25) is 5.02 Å². The average Bonchev–Trinajstić information content (AvgIpc) is 2.75. The van der Waals surface area contributed by atoms with Gasteiger partial charge in [0, 0.05) is 29.7 Å². The van der Waals surface area contributed by atoms with Gasteiger partial charge in [-0.1, -0.05) is 11.6 Å². The third-order valence-corrected chi connectivity index (χ3v) is 5.55. The zero-order chi connectivity index (χ0) is 22.7. The second-order valence-corrected chi connectivity index (χ2v) is 7.97. The fraction of sp³-hybridized carbons (Fsp3) is 0.273. The zero-order valence-corrected chi connectivity index (χ0v) is 18.1. The van der Waals surface area contributed by atoms with E-state index in [1.54, 1.807) is 18.5 Å². The number of benzene rings is 1. The van der Waals surface area contributed by atoms with Gasteiger partial charge < -0.3 is 15.8 Å². The zero-order valence-electron chi connectivity index (χ0n) is 17.3. The maximum absolute atomic E-state index is 14.3. The number of pyridine rings is 1. The minimum atomic E-state index is -0.437. The molecule has 0 spiro atoms. The quantitative estimate of drug-likeness (QED) is 0.535. The van der Waals surface area contributed by atoms with Gasteiger partial charge in [0.2, 0.25) is 5.91 Å². The first kappa shape index (κ1) is 22.1. The van der Waals surface area contributed by atoms with Gasteiger partial charge in [-0.25, -0.2) is 4.39 Å². The van der Waals surface area contributed by atoms with Crippen molar-refractivity contribution >= 4 is 28.9 Å². The summed E-state index contributed by atoms with van der Waals surface area (Å²) in [6, 6.07) is 9.73. The maximum atomic E-state index is 14.3. The normalized spacial score (nSPS) is 17.8. The predicted octanol–water partition coefficient (Wildman–Crippen LogP) is 3.32. The first-order chi connectivity index (χ1) is 15.4. The van der Waals surface area contributed by atoms with E-state index in [0.29, 0.717) is 29.6 Å². The van der Waals surface area contributed by atoms with Crippen molar-refractivity contribution in [3.63, 3.8) is 0 Å². The van der Waals surface area contributed by atoms with Crippen molar-refractivity contribution in [2.75, 3.05) is 25.5 Å². The number of amides is 1. The summed E-state index contributed by atoms with van der Waals surface area (Å²) >= 11 is 6.01. The highest BCUT2D eigenvalue weighted by Gasteiger charge is 2.38. The van der Waals surface area contributed by atoms with Crippen molar-refractivity contribution in [3.8, 4) is 11.3 Å². The van der Waals surface area contributed by atoms with Gasteiger partial charge in [-0.05, 0) is 43.4 Å². The van der Waals surface area contributed by atoms with E-state index in [4.69, 9.17) is 22.1 Å². The Kier molecular flexibility index (Phi) is 6.59. The number of carbonyl (C=O) groups is 1. The molecule has 166 valence electrons. The van der Waals surface area contributed by atoms with E-state index in [9.17, 15) is 9.18 Å². The summed E-state index contributed by atoms with van der Waals surface area (Å²) in [7, 11) is 1.93. The number of aromatic nitrogens is 3. The van der Waals surface area contributed by atoms with Crippen LogP contribution in [0.3, 0.4) is 0 Å². The topological polar surface area (TPSA) is 106 Å². The number of nitrogens with zero attached hydrogens (tertiary/aromatic N) is 4. The fourth-order valence-corrected chi connectivity index (χ4v) is 3.69. The Morgan fingerprint density at radius 1 is 1.38 bits per heavy atom. The number of nitrogens with two attached hydrogens (primary N) is 1. The molecule has 3 aromatic rings. The number of nitrogens with one attached hydrogen (secondary N) is 1. The lowest BCUT2D eigenvalue weighted by Crippen LogP contribution is -2.50. The van der Waals surface area contributed by atoms with Gasteiger partial charge in [0.05, 0.1) is 41.6 Å². The molecule has 3 heterocycles. The first-order valence-electron chi connectivity index (χ1n) is 10.0. The van der Waals surface area contributed by atoms with Crippen molar-refractivity contribution in [2.24, 2.45) is 5.73 Å². The first-order valence-corrected chi connectivity index (χ1v) is 10.4. The summed E-state index contributed by atoms with van der Waals surface area (Å²) < 4.78 is 20.1. The standard InChI is InChI=1S/C22H22ClFN6O2/c1-30(8-6-20(25)31)19-12-32-22(19)21-17(3-2-7-26-21)28-14-10-18(29-27-11-14)15-9-13(23)4-5-16(15)24/h2-5,7,9-11,19,22H,6,8,12H2,1H3,(H2,25,31)(H,28,29). The third kappa shape index (κ3) is 4.85. The van der Waals surface area contributed by atoms with Crippen molar-refractivity contribution in [3.05, 3.63) is 65.3 Å². The summed E-state index contributed by atoms with van der Waals surface area (Å²) in [5.41, 5.74) is 7.95. The van der Waals surface area contributed by atoms with Gasteiger partial charge in [-0.2, -0.15) is 10.2 Å². The molecule has 0 saturated carbocycles. The molecule has 2 unspecified atom stereocenters. The molecule has 8 nitrogen and oxygen atoms in total. The Balaban J connectivity index is 1.55. The van der Waals surface area contributed by atoms with Gasteiger partial charge in [0.1, 0.15) is 11.9 Å². The molecular weight excluding hydrogens is 435 g/mol. The number of hydrogen-bond donors (Lipinski definition) is 2. The van der Waals surface area contributed by atoms with E-state index >= 15 is 0 Å². The highest BCUT2D eigenvalue weighted by molar-refractivity contribution is 6.30. The van der Waals surface area contributed by atoms with Crippen LogP contribution in [0.5, 0.6) is 0 Å². The number of rotatable bonds is 8. The van der Waals surface area contributed by atoms with Gasteiger partial charge in [-0.3, -0.25) is 14.7 Å². The molecule has 1 amide bonds. The Bertz CT molecular complexity index is 1130. The van der Waals surface area contributed by atoms with Crippen molar-refractivity contribution < 1.29 is 13.9 Å². The summed E-state index contributed by atoms with van der Waals surface area (Å²) in [5, 5.41) is 11.7. The van der Waals surface area contributed by atoms with Crippen molar-refractivity contribution in [1.82, 2.24) is 20.1 Å². The second-order valence-electron chi connectivity index (χ2n) is 7.53. The van der Waals surface area contributed by atoms with Crippen LogP contribution in [0.15, 0.2) is 48.8 Å². The van der Waals surface area contributed by atoms with E-state index in [2.05, 4.69) is 20.5 Å². The second kappa shape index (κ2) is 9.56. The molecule has 1 fully saturated rings. The third-order valence-electron chi connectivity index (χ3n) is 5.32. The lowest BCUT2D eigenvalue weighted by atomic mass is 9.99. The molecule has 1 aromatic carbocycles. The minimum absolute atomic E-state index is 0.0662. The van der Waals surface area contributed by atoms with Gasteiger partial charge in [-0.15, -0.1) is 0 Å². The summed E-state index contributed by atoms with van der Waals surface area (Å²) in [6.07, 6.45) is 3.25. The molecule has 3 N–H and O–H groups in total. The SMILES string of the molecule is CN(CCC(N)=O)C1COC1c1ncccc1Nc1cnnc(-c2cc(Cl)ccc2F)c1. The highest BCUT2D eigenvalue weighted by atomic mass is 35.5. The molecule has 0 bridgehead atoms. The van der Waals surface area contributed by atoms with E-state index < -0.39 is 5.82 Å². The van der Waals surface area contributed by atoms with E-state index in [1.165, 1.54) is 18.2 Å². The maximum Gasteiger partial charge on any atom is 0.218 e. The molecule has 1 aliphatic rings. The highest BCUT2D eigenvalue weighted by Crippen LogP contribution is 2.37. The molecule has 4 rings (SSSR count). The number of carbonyl (C=O) groups excluding carboxylic acids is 1. The molecule has 1 aliphatic heterocycles. The van der Waals surface area contributed by atoms with Crippen LogP contribution in [-0.4, -0.2) is 52.2 Å². The van der Waals surface area contributed by atoms with Crippen LogP contribution in [0.4, 0.5) is 15.8 Å². The van der Waals surface area contributed by atoms with Crippen LogP contribution in [0.1, 0.15) is 18.2 Å². The summed E-state index contributed by atoms with van der Waals surface area (Å²) in [4.78, 5) is 17.7. The number of ether oxygens (including phenoxy) is 1. The number of halogens is 2. The molecule has 0 radical (unpaired) electrons. The number of hydrogen-bond acceptors (Lipinski definition) is 7. The predicted molar refractivity (Wildman–Crippen MR) is 119 cm³/mol. The molecule has 1 saturated heterocycles. The van der Waals surface area contributed by atoms with E-state index in [-0.39, 0.29) is 30.0 Å². The van der Waals surface area contributed by atoms with Crippen LogP contribution in [0.25, 0.3) is 11.3 Å². The summed E-state index contributed by atoms with van der Waals surface area (Å²) in [6.45, 7) is 1.07. The lowest BCUT2D eigenvalue weighted by molar-refractivity contribution is -0.136. The lowest BCUT2D eigenvalue weighted by Gasteiger charge is -2.42. The van der Waals surface area contributed by atoms with Gasteiger partial charge in [0.25, 0.3) is 0 Å². The van der Waals surface area contributed by atoms with Crippen molar-refractivity contribution in [2.45, 2.75) is 18.6 Å². The smallest absolute Gasteiger partial charge is 0.218 e. The monoisotopic (exact) mass is 456 g/mol. The van der Waals surface area contributed by atoms with Gasteiger partial charge >= 0.3 is 0 Å². The molecule has 2 aromatic heterocycles. The van der Waals surface area contributed by atoms with Crippen LogP contribution in [0, 0.1) is 5.82 Å². The minimum Gasteiger partial charge on any atom is -0.370 e. The summed E-state index contributed by atoms with van der Waals surface area (Å²) in [5.74, 6) is -0.779. The van der Waals surface area contributed by atoms with Gasteiger partial charge in [0.15, 0.2) is 0 Å².